The van der Waals surface area contributed by atoms with E-state index in [1.165, 1.54) is 16.7 Å². The highest BCUT2D eigenvalue weighted by molar-refractivity contribution is 7.07. The first-order chi connectivity index (χ1) is 8.74. The Bertz CT molecular complexity index is 493. The van der Waals surface area contributed by atoms with Crippen LogP contribution in [0.5, 0.6) is 5.75 Å². The summed E-state index contributed by atoms with van der Waals surface area (Å²) in [6.45, 7) is 2.08. The van der Waals surface area contributed by atoms with E-state index in [0.29, 0.717) is 6.04 Å². The molecule has 1 N–H and O–H groups in total. The molecule has 0 saturated heterocycles. The van der Waals surface area contributed by atoms with E-state index in [1.54, 1.807) is 18.4 Å². The van der Waals surface area contributed by atoms with Crippen molar-refractivity contribution in [1.82, 2.24) is 5.32 Å². The number of thiophene rings is 1. The smallest absolute Gasteiger partial charge is 0.121 e. The first-order valence-electron chi connectivity index (χ1n) is 6.07. The number of methoxy groups -OCH3 is 1. The molecule has 0 aliphatic heterocycles. The fourth-order valence-corrected chi connectivity index (χ4v) is 2.83. The Morgan fingerprint density at radius 3 is 2.72 bits per heavy atom. The lowest BCUT2D eigenvalue weighted by Crippen LogP contribution is -2.18. The van der Waals surface area contributed by atoms with Gasteiger partial charge in [0.2, 0.25) is 0 Å². The van der Waals surface area contributed by atoms with Crippen molar-refractivity contribution in [2.24, 2.45) is 0 Å². The van der Waals surface area contributed by atoms with Gasteiger partial charge < -0.3 is 10.1 Å². The van der Waals surface area contributed by atoms with Gasteiger partial charge in [0, 0.05) is 6.04 Å². The van der Waals surface area contributed by atoms with Crippen molar-refractivity contribution >= 4 is 11.3 Å². The number of aryl methyl sites for hydroxylation is 1. The van der Waals surface area contributed by atoms with Gasteiger partial charge in [-0.05, 0) is 60.0 Å². The molecular weight excluding hydrogens is 242 g/mol. The van der Waals surface area contributed by atoms with Gasteiger partial charge >= 0.3 is 0 Å². The predicted octanol–water partition coefficient (Wildman–Crippen LogP) is 3.57. The summed E-state index contributed by atoms with van der Waals surface area (Å²) in [5.74, 6) is 0.948. The second kappa shape index (κ2) is 6.03. The third-order valence-electron chi connectivity index (χ3n) is 3.19. The van der Waals surface area contributed by atoms with Crippen LogP contribution >= 0.6 is 11.3 Å². The van der Waals surface area contributed by atoms with Crippen LogP contribution in [0.25, 0.3) is 0 Å². The van der Waals surface area contributed by atoms with Crippen LogP contribution in [0.4, 0.5) is 0 Å². The molecule has 0 aliphatic rings. The van der Waals surface area contributed by atoms with E-state index >= 15 is 0 Å². The monoisotopic (exact) mass is 261 g/mol. The van der Waals surface area contributed by atoms with Crippen molar-refractivity contribution in [1.29, 1.82) is 0 Å². The van der Waals surface area contributed by atoms with Gasteiger partial charge in [0.25, 0.3) is 0 Å². The van der Waals surface area contributed by atoms with E-state index in [4.69, 9.17) is 4.74 Å². The largest absolute Gasteiger partial charge is 0.496 e. The second-order valence-electron chi connectivity index (χ2n) is 4.41. The molecule has 0 bridgehead atoms. The minimum Gasteiger partial charge on any atom is -0.496 e. The van der Waals surface area contributed by atoms with Gasteiger partial charge in [-0.1, -0.05) is 12.1 Å². The average Bonchev–Trinajstić information content (AvgIpc) is 2.88. The van der Waals surface area contributed by atoms with Crippen LogP contribution in [-0.2, 0) is 6.42 Å². The Morgan fingerprint density at radius 2 is 2.17 bits per heavy atom. The molecule has 1 atom stereocenters. The molecule has 1 heterocycles. The molecule has 2 rings (SSSR count). The maximum Gasteiger partial charge on any atom is 0.121 e. The summed E-state index contributed by atoms with van der Waals surface area (Å²) in [6, 6.07) is 8.92. The summed E-state index contributed by atoms with van der Waals surface area (Å²) in [7, 11) is 3.72. The SMILES string of the molecule is CNC(Cc1ccsc1)c1ccc(OC)c(C)c1. The normalized spacial score (nSPS) is 12.4. The first kappa shape index (κ1) is 13.1. The number of likely N-dealkylation sites (N-methyl/N-ethyl adjacent to an activating group) is 1. The fourth-order valence-electron chi connectivity index (χ4n) is 2.15. The van der Waals surface area contributed by atoms with Crippen molar-refractivity contribution in [3.05, 3.63) is 51.7 Å². The molecule has 96 valence electrons. The third-order valence-corrected chi connectivity index (χ3v) is 3.92. The number of ether oxygens (including phenoxy) is 1. The fraction of sp³-hybridized carbons (Fsp3) is 0.333. The number of nitrogens with one attached hydrogen (secondary N) is 1. The van der Waals surface area contributed by atoms with E-state index in [9.17, 15) is 0 Å². The van der Waals surface area contributed by atoms with Crippen LogP contribution in [0.3, 0.4) is 0 Å². The summed E-state index contributed by atoms with van der Waals surface area (Å²) in [6.07, 6.45) is 1.02. The zero-order valence-electron chi connectivity index (χ0n) is 11.1. The Hall–Kier alpha value is -1.32. The van der Waals surface area contributed by atoms with E-state index < -0.39 is 0 Å². The molecule has 1 unspecified atom stereocenters. The molecule has 0 fully saturated rings. The van der Waals surface area contributed by atoms with Crippen LogP contribution in [0, 0.1) is 6.92 Å². The van der Waals surface area contributed by atoms with Crippen molar-refractivity contribution < 1.29 is 4.74 Å². The quantitative estimate of drug-likeness (QED) is 0.888. The van der Waals surface area contributed by atoms with Gasteiger partial charge in [-0.15, -0.1) is 0 Å². The van der Waals surface area contributed by atoms with Gasteiger partial charge in [-0.2, -0.15) is 11.3 Å². The highest BCUT2D eigenvalue weighted by Gasteiger charge is 2.11. The average molecular weight is 261 g/mol. The van der Waals surface area contributed by atoms with E-state index in [0.717, 1.165) is 12.2 Å². The summed E-state index contributed by atoms with van der Waals surface area (Å²) >= 11 is 1.75. The first-order valence-corrected chi connectivity index (χ1v) is 7.01. The molecular formula is C15H19NOS. The van der Waals surface area contributed by atoms with Crippen molar-refractivity contribution in [2.45, 2.75) is 19.4 Å². The molecule has 0 radical (unpaired) electrons. The van der Waals surface area contributed by atoms with Gasteiger partial charge in [-0.3, -0.25) is 0 Å². The zero-order valence-corrected chi connectivity index (χ0v) is 11.9. The molecule has 0 saturated carbocycles. The van der Waals surface area contributed by atoms with Crippen LogP contribution in [0.2, 0.25) is 0 Å². The summed E-state index contributed by atoms with van der Waals surface area (Å²) in [5, 5.41) is 7.72. The second-order valence-corrected chi connectivity index (χ2v) is 5.19. The number of hydrogen-bond donors (Lipinski definition) is 1. The number of benzene rings is 1. The number of rotatable bonds is 5. The Balaban J connectivity index is 2.19. The Kier molecular flexibility index (Phi) is 4.39. The van der Waals surface area contributed by atoms with Gasteiger partial charge in [0.1, 0.15) is 5.75 Å². The van der Waals surface area contributed by atoms with Crippen molar-refractivity contribution in [3.63, 3.8) is 0 Å². The van der Waals surface area contributed by atoms with Crippen LogP contribution in [0.1, 0.15) is 22.7 Å². The molecule has 1 aromatic heterocycles. The minimum absolute atomic E-state index is 0.351. The van der Waals surface area contributed by atoms with Gasteiger partial charge in [-0.25, -0.2) is 0 Å². The number of hydrogen-bond acceptors (Lipinski definition) is 3. The molecule has 18 heavy (non-hydrogen) atoms. The lowest BCUT2D eigenvalue weighted by Gasteiger charge is -2.17. The van der Waals surface area contributed by atoms with Gasteiger partial charge in [0.15, 0.2) is 0 Å². The highest BCUT2D eigenvalue weighted by atomic mass is 32.1. The minimum atomic E-state index is 0.351. The molecule has 1 aromatic carbocycles. The van der Waals surface area contributed by atoms with Crippen LogP contribution in [0.15, 0.2) is 35.0 Å². The molecule has 2 nitrogen and oxygen atoms in total. The van der Waals surface area contributed by atoms with E-state index in [1.807, 2.05) is 13.1 Å². The Labute approximate surface area is 113 Å². The molecule has 3 heteroatoms. The summed E-state index contributed by atoms with van der Waals surface area (Å²) in [5.41, 5.74) is 3.87. The zero-order chi connectivity index (χ0) is 13.0. The predicted molar refractivity (Wildman–Crippen MR) is 77.6 cm³/mol. The molecule has 2 aromatic rings. The Morgan fingerprint density at radius 1 is 1.33 bits per heavy atom. The molecule has 0 aliphatic carbocycles. The van der Waals surface area contributed by atoms with E-state index in [-0.39, 0.29) is 0 Å². The van der Waals surface area contributed by atoms with E-state index in [2.05, 4.69) is 41.2 Å². The summed E-state index contributed by atoms with van der Waals surface area (Å²) < 4.78 is 5.30. The molecule has 0 spiro atoms. The standard InChI is InChI=1S/C15H19NOS/c1-11-8-13(4-5-15(11)17-3)14(16-2)9-12-6-7-18-10-12/h4-8,10,14,16H,9H2,1-3H3. The van der Waals surface area contributed by atoms with Crippen LogP contribution < -0.4 is 10.1 Å². The lowest BCUT2D eigenvalue weighted by molar-refractivity contribution is 0.411. The maximum atomic E-state index is 5.30. The van der Waals surface area contributed by atoms with Crippen molar-refractivity contribution in [2.75, 3.05) is 14.2 Å². The third kappa shape index (κ3) is 2.92. The molecule has 0 amide bonds. The highest BCUT2D eigenvalue weighted by Crippen LogP contribution is 2.25. The maximum absolute atomic E-state index is 5.30. The topological polar surface area (TPSA) is 21.3 Å². The van der Waals surface area contributed by atoms with Crippen molar-refractivity contribution in [3.8, 4) is 5.75 Å². The van der Waals surface area contributed by atoms with Gasteiger partial charge in [0.05, 0.1) is 7.11 Å². The summed E-state index contributed by atoms with van der Waals surface area (Å²) in [4.78, 5) is 0. The van der Waals surface area contributed by atoms with Crippen LogP contribution in [-0.4, -0.2) is 14.2 Å². The lowest BCUT2D eigenvalue weighted by atomic mass is 9.99.